The van der Waals surface area contributed by atoms with Crippen LogP contribution < -0.4 is 9.62 Å². The predicted octanol–water partition coefficient (Wildman–Crippen LogP) is 2.41. The van der Waals surface area contributed by atoms with Gasteiger partial charge in [-0.05, 0) is 37.1 Å². The summed E-state index contributed by atoms with van der Waals surface area (Å²) in [4.78, 5) is 7.71. The summed E-state index contributed by atoms with van der Waals surface area (Å²) in [5.41, 5.74) is 0.834. The monoisotopic (exact) mass is 381 g/mol. The number of anilines is 1. The lowest BCUT2D eigenvalue weighted by Gasteiger charge is -2.32. The number of hydrogen-bond acceptors (Lipinski definition) is 6. The van der Waals surface area contributed by atoms with E-state index in [1.165, 1.54) is 11.3 Å². The first-order chi connectivity index (χ1) is 12.0. The van der Waals surface area contributed by atoms with Gasteiger partial charge >= 0.3 is 0 Å². The highest BCUT2D eigenvalue weighted by Crippen LogP contribution is 2.22. The SMILES string of the molecule is CCc1ccc(S(=O)(=O)NCc2ccc(N3CCOC(C)C3)nc2)s1. The number of thiophene rings is 1. The third kappa shape index (κ3) is 4.58. The molecule has 1 unspecified atom stereocenters. The summed E-state index contributed by atoms with van der Waals surface area (Å²) < 4.78 is 33.2. The Morgan fingerprint density at radius 2 is 2.20 bits per heavy atom. The van der Waals surface area contributed by atoms with Crippen LogP contribution in [-0.2, 0) is 27.7 Å². The third-order valence-electron chi connectivity index (χ3n) is 4.09. The highest BCUT2D eigenvalue weighted by molar-refractivity contribution is 7.91. The Hall–Kier alpha value is -1.48. The maximum absolute atomic E-state index is 12.3. The molecule has 0 aromatic carbocycles. The van der Waals surface area contributed by atoms with E-state index in [2.05, 4.69) is 14.6 Å². The molecule has 3 heterocycles. The molecule has 0 aliphatic carbocycles. The van der Waals surface area contributed by atoms with Crippen molar-refractivity contribution < 1.29 is 13.2 Å². The second kappa shape index (κ2) is 7.82. The van der Waals surface area contributed by atoms with Crippen LogP contribution in [0.2, 0.25) is 0 Å². The highest BCUT2D eigenvalue weighted by atomic mass is 32.2. The number of hydrogen-bond donors (Lipinski definition) is 1. The number of nitrogens with zero attached hydrogens (tertiary/aromatic N) is 2. The Morgan fingerprint density at radius 1 is 1.36 bits per heavy atom. The first kappa shape index (κ1) is 18.3. The molecule has 0 radical (unpaired) electrons. The van der Waals surface area contributed by atoms with E-state index in [1.807, 2.05) is 32.0 Å². The zero-order valence-corrected chi connectivity index (χ0v) is 16.1. The van der Waals surface area contributed by atoms with E-state index in [0.29, 0.717) is 10.8 Å². The van der Waals surface area contributed by atoms with Crippen LogP contribution in [0.15, 0.2) is 34.7 Å². The largest absolute Gasteiger partial charge is 0.375 e. The van der Waals surface area contributed by atoms with Crippen LogP contribution in [0.4, 0.5) is 5.82 Å². The Bertz CT molecular complexity index is 803. The zero-order valence-electron chi connectivity index (χ0n) is 14.4. The number of sulfonamides is 1. The van der Waals surface area contributed by atoms with E-state index >= 15 is 0 Å². The van der Waals surface area contributed by atoms with Gasteiger partial charge in [0.05, 0.1) is 12.7 Å². The standard InChI is InChI=1S/C17H23N3O3S2/c1-3-15-5-7-17(24-15)25(21,22)19-11-14-4-6-16(18-10-14)20-8-9-23-13(2)12-20/h4-7,10,13,19H,3,8-9,11-12H2,1-2H3. The van der Waals surface area contributed by atoms with Crippen LogP contribution in [-0.4, -0.2) is 39.2 Å². The summed E-state index contributed by atoms with van der Waals surface area (Å²) in [6.45, 7) is 6.62. The van der Waals surface area contributed by atoms with Crippen molar-refractivity contribution in [2.24, 2.45) is 0 Å². The third-order valence-corrected chi connectivity index (χ3v) is 7.21. The first-order valence-electron chi connectivity index (χ1n) is 8.38. The van der Waals surface area contributed by atoms with Gasteiger partial charge < -0.3 is 9.64 Å². The average molecular weight is 382 g/mol. The van der Waals surface area contributed by atoms with E-state index in [9.17, 15) is 8.42 Å². The van der Waals surface area contributed by atoms with Gasteiger partial charge in [0.2, 0.25) is 10.0 Å². The number of morpholine rings is 1. The second-order valence-corrected chi connectivity index (χ2v) is 9.21. The Labute approximate surface area is 152 Å². The summed E-state index contributed by atoms with van der Waals surface area (Å²) in [5.74, 6) is 0.896. The first-order valence-corrected chi connectivity index (χ1v) is 10.7. The van der Waals surface area contributed by atoms with Crippen LogP contribution in [0.5, 0.6) is 0 Å². The Morgan fingerprint density at radius 3 is 2.84 bits per heavy atom. The van der Waals surface area contributed by atoms with E-state index in [0.717, 1.165) is 35.8 Å². The molecular weight excluding hydrogens is 358 g/mol. The predicted molar refractivity (Wildman–Crippen MR) is 99.6 cm³/mol. The quantitative estimate of drug-likeness (QED) is 0.832. The van der Waals surface area contributed by atoms with Gasteiger partial charge in [-0.3, -0.25) is 0 Å². The fourth-order valence-corrected chi connectivity index (χ4v) is 5.03. The van der Waals surface area contributed by atoms with Crippen molar-refractivity contribution in [2.75, 3.05) is 24.6 Å². The summed E-state index contributed by atoms with van der Waals surface area (Å²) in [6.07, 6.45) is 2.76. The van der Waals surface area contributed by atoms with Gasteiger partial charge in [-0.25, -0.2) is 18.1 Å². The summed E-state index contributed by atoms with van der Waals surface area (Å²) in [6, 6.07) is 7.37. The van der Waals surface area contributed by atoms with Gasteiger partial charge in [-0.2, -0.15) is 0 Å². The van der Waals surface area contributed by atoms with Gasteiger partial charge in [-0.1, -0.05) is 13.0 Å². The average Bonchev–Trinajstić information content (AvgIpc) is 3.11. The number of aromatic nitrogens is 1. The van der Waals surface area contributed by atoms with Crippen molar-refractivity contribution in [3.05, 3.63) is 40.9 Å². The molecule has 0 spiro atoms. The van der Waals surface area contributed by atoms with Crippen LogP contribution >= 0.6 is 11.3 Å². The maximum atomic E-state index is 12.3. The molecule has 1 N–H and O–H groups in total. The number of aryl methyl sites for hydroxylation is 1. The molecule has 2 aromatic rings. The lowest BCUT2D eigenvalue weighted by Crippen LogP contribution is -2.41. The maximum Gasteiger partial charge on any atom is 0.250 e. The number of pyridine rings is 1. The Balaban J connectivity index is 1.61. The minimum Gasteiger partial charge on any atom is -0.375 e. The number of nitrogens with one attached hydrogen (secondary N) is 1. The molecule has 1 aliphatic heterocycles. The molecule has 2 aromatic heterocycles. The Kier molecular flexibility index (Phi) is 5.73. The molecule has 136 valence electrons. The smallest absolute Gasteiger partial charge is 0.250 e. The fourth-order valence-electron chi connectivity index (χ4n) is 2.68. The van der Waals surface area contributed by atoms with Crippen molar-refractivity contribution in [3.63, 3.8) is 0 Å². The molecule has 25 heavy (non-hydrogen) atoms. The molecule has 1 fully saturated rings. The molecule has 3 rings (SSSR count). The molecule has 0 bridgehead atoms. The minimum absolute atomic E-state index is 0.195. The molecule has 1 saturated heterocycles. The molecular formula is C17H23N3O3S2. The van der Waals surface area contributed by atoms with Crippen molar-refractivity contribution in [2.45, 2.75) is 37.1 Å². The van der Waals surface area contributed by atoms with Gasteiger partial charge in [0.25, 0.3) is 0 Å². The summed E-state index contributed by atoms with van der Waals surface area (Å²) >= 11 is 1.31. The van der Waals surface area contributed by atoms with Crippen LogP contribution in [0.1, 0.15) is 24.3 Å². The molecule has 1 atom stereocenters. The van der Waals surface area contributed by atoms with Gasteiger partial charge in [-0.15, -0.1) is 11.3 Å². The van der Waals surface area contributed by atoms with Gasteiger partial charge in [0.15, 0.2) is 0 Å². The van der Waals surface area contributed by atoms with E-state index in [1.54, 1.807) is 12.3 Å². The van der Waals surface area contributed by atoms with Crippen LogP contribution in [0.25, 0.3) is 0 Å². The highest BCUT2D eigenvalue weighted by Gasteiger charge is 2.19. The van der Waals surface area contributed by atoms with Gasteiger partial charge in [0.1, 0.15) is 10.0 Å². The van der Waals surface area contributed by atoms with Gasteiger partial charge in [0, 0.05) is 30.7 Å². The molecule has 8 heteroatoms. The molecule has 6 nitrogen and oxygen atoms in total. The van der Waals surface area contributed by atoms with Crippen molar-refractivity contribution in [3.8, 4) is 0 Å². The van der Waals surface area contributed by atoms with Crippen molar-refractivity contribution >= 4 is 27.2 Å². The fraction of sp³-hybridized carbons (Fsp3) is 0.471. The van der Waals surface area contributed by atoms with E-state index < -0.39 is 10.0 Å². The number of ether oxygens (including phenoxy) is 1. The van der Waals surface area contributed by atoms with Crippen LogP contribution in [0, 0.1) is 0 Å². The summed E-state index contributed by atoms with van der Waals surface area (Å²) in [7, 11) is -3.47. The van der Waals surface area contributed by atoms with Crippen LogP contribution in [0.3, 0.4) is 0 Å². The second-order valence-electron chi connectivity index (χ2n) is 6.05. The minimum atomic E-state index is -3.47. The zero-order chi connectivity index (χ0) is 17.9. The summed E-state index contributed by atoms with van der Waals surface area (Å²) in [5, 5.41) is 0. The lowest BCUT2D eigenvalue weighted by atomic mass is 10.2. The van der Waals surface area contributed by atoms with E-state index in [4.69, 9.17) is 4.74 Å². The molecule has 0 amide bonds. The van der Waals surface area contributed by atoms with Crippen molar-refractivity contribution in [1.82, 2.24) is 9.71 Å². The number of rotatable bonds is 6. The molecule has 0 saturated carbocycles. The van der Waals surface area contributed by atoms with E-state index in [-0.39, 0.29) is 12.6 Å². The normalized spacial score (nSPS) is 18.5. The lowest BCUT2D eigenvalue weighted by molar-refractivity contribution is 0.0529. The molecule has 1 aliphatic rings. The van der Waals surface area contributed by atoms with Crippen molar-refractivity contribution in [1.29, 1.82) is 0 Å². The topological polar surface area (TPSA) is 71.5 Å².